The number of aromatic amines is 1. The average molecular weight is 649 g/mol. The molecule has 0 fully saturated rings. The molecule has 0 aliphatic heterocycles. The van der Waals surface area contributed by atoms with Gasteiger partial charge in [0.25, 0.3) is 0 Å². The van der Waals surface area contributed by atoms with Crippen molar-refractivity contribution in [3.8, 4) is 5.75 Å². The molecule has 1 aliphatic carbocycles. The number of likely N-dealkylation sites (N-methyl/N-ethyl adjacent to an activating group) is 1. The van der Waals surface area contributed by atoms with Crippen LogP contribution in [0, 0.1) is 0 Å². The van der Waals surface area contributed by atoms with Crippen LogP contribution in [0.3, 0.4) is 0 Å². The first kappa shape index (κ1) is 32.4. The minimum absolute atomic E-state index is 0.0983. The van der Waals surface area contributed by atoms with Crippen molar-refractivity contribution in [2.24, 2.45) is 5.73 Å². The molecule has 3 amide bonds. The van der Waals surface area contributed by atoms with Crippen LogP contribution in [-0.2, 0) is 28.9 Å². The van der Waals surface area contributed by atoms with E-state index < -0.39 is 29.6 Å². The van der Waals surface area contributed by atoms with E-state index in [4.69, 9.17) is 41.2 Å². The number of benzene rings is 2. The second-order valence-corrected chi connectivity index (χ2v) is 12.3. The minimum atomic E-state index is -1.43. The highest BCUT2D eigenvalue weighted by Gasteiger charge is 2.47. The smallest absolute Gasteiger partial charge is 0.405 e. The second-order valence-electron chi connectivity index (χ2n) is 11.0. The van der Waals surface area contributed by atoms with E-state index in [2.05, 4.69) is 15.6 Å². The number of thiocarbonyl (C=S) groups is 1. The third-order valence-corrected chi connectivity index (χ3v) is 8.81. The van der Waals surface area contributed by atoms with Crippen LogP contribution in [0.4, 0.5) is 4.79 Å². The van der Waals surface area contributed by atoms with E-state index in [1.54, 1.807) is 31.3 Å². The van der Waals surface area contributed by atoms with E-state index in [1.165, 1.54) is 17.0 Å². The van der Waals surface area contributed by atoms with Gasteiger partial charge < -0.3 is 36.5 Å². The predicted molar refractivity (Wildman–Crippen MR) is 171 cm³/mol. The summed E-state index contributed by atoms with van der Waals surface area (Å²) >= 11 is 18.1. The van der Waals surface area contributed by atoms with Gasteiger partial charge in [-0.2, -0.15) is 0 Å². The van der Waals surface area contributed by atoms with Crippen molar-refractivity contribution in [1.82, 2.24) is 20.5 Å². The number of carbonyl (C=O) groups excluding carboxylic acids is 2. The number of carboxylic acid groups (broad SMARTS) is 1. The molecule has 0 saturated carbocycles. The largest absolute Gasteiger partial charge is 0.508 e. The van der Waals surface area contributed by atoms with Crippen molar-refractivity contribution >= 4 is 69.2 Å². The third kappa shape index (κ3) is 7.17. The van der Waals surface area contributed by atoms with Crippen molar-refractivity contribution < 1.29 is 24.6 Å². The number of aromatic hydroxyl groups is 1. The van der Waals surface area contributed by atoms with Crippen LogP contribution in [0.5, 0.6) is 5.75 Å². The van der Waals surface area contributed by atoms with Crippen LogP contribution in [-0.4, -0.2) is 67.7 Å². The summed E-state index contributed by atoms with van der Waals surface area (Å²) in [6.45, 7) is 1.96. The number of hydrogen-bond donors (Lipinski definition) is 6. The molecule has 2 unspecified atom stereocenters. The van der Waals surface area contributed by atoms with Gasteiger partial charge in [0.1, 0.15) is 17.3 Å². The Bertz CT molecular complexity index is 1550. The molecule has 2 aromatic carbocycles. The number of rotatable bonds is 11. The van der Waals surface area contributed by atoms with Gasteiger partial charge in [-0.15, -0.1) is 0 Å². The van der Waals surface area contributed by atoms with Gasteiger partial charge >= 0.3 is 6.09 Å². The second kappa shape index (κ2) is 13.4. The Labute approximate surface area is 264 Å². The van der Waals surface area contributed by atoms with Gasteiger partial charge in [0.05, 0.1) is 21.6 Å². The molecule has 1 heterocycles. The molecule has 13 heteroatoms. The normalized spacial score (nSPS) is 17.5. The molecule has 1 aromatic heterocycles. The first-order valence-electron chi connectivity index (χ1n) is 14.0. The molecule has 1 aliphatic rings. The van der Waals surface area contributed by atoms with Gasteiger partial charge in [-0.3, -0.25) is 9.59 Å². The Morgan fingerprint density at radius 2 is 1.88 bits per heavy atom. The lowest BCUT2D eigenvalue weighted by atomic mass is 9.78. The molecule has 0 bridgehead atoms. The lowest BCUT2D eigenvalue weighted by Gasteiger charge is -2.42. The van der Waals surface area contributed by atoms with Crippen molar-refractivity contribution in [3.05, 3.63) is 63.3 Å². The summed E-state index contributed by atoms with van der Waals surface area (Å²) in [6.07, 6.45) is 1.13. The van der Waals surface area contributed by atoms with Crippen LogP contribution >= 0.6 is 35.4 Å². The van der Waals surface area contributed by atoms with Crippen molar-refractivity contribution in [2.75, 3.05) is 7.05 Å². The fourth-order valence-corrected chi connectivity index (χ4v) is 6.62. The molecular formula is C30H35Cl2N5O5S. The first-order valence-corrected chi connectivity index (χ1v) is 15.2. The molecule has 4 rings (SSSR count). The van der Waals surface area contributed by atoms with E-state index in [9.17, 15) is 24.6 Å². The summed E-state index contributed by atoms with van der Waals surface area (Å²) in [7, 11) is 1.62. The lowest BCUT2D eigenvalue weighted by Crippen LogP contribution is -2.66. The Balaban J connectivity index is 1.72. The molecule has 7 N–H and O–H groups in total. The van der Waals surface area contributed by atoms with E-state index in [1.807, 2.05) is 6.92 Å². The number of hydrogen-bond acceptors (Lipinski definition) is 5. The van der Waals surface area contributed by atoms with E-state index in [0.717, 1.165) is 28.6 Å². The fraction of sp³-hybridized carbons (Fsp3) is 0.400. The zero-order valence-electron chi connectivity index (χ0n) is 23.9. The number of fused-ring (bicyclic) bond motifs is 3. The van der Waals surface area contributed by atoms with Gasteiger partial charge in [0.15, 0.2) is 0 Å². The van der Waals surface area contributed by atoms with E-state index in [-0.39, 0.29) is 35.9 Å². The molecule has 230 valence electrons. The first-order chi connectivity index (χ1) is 20.3. The summed E-state index contributed by atoms with van der Waals surface area (Å²) in [5, 5.41) is 26.0. The van der Waals surface area contributed by atoms with Crippen LogP contribution in [0.2, 0.25) is 10.0 Å². The topological polar surface area (TPSA) is 161 Å². The lowest BCUT2D eigenvalue weighted by molar-refractivity contribution is -0.142. The monoisotopic (exact) mass is 647 g/mol. The van der Waals surface area contributed by atoms with Crippen molar-refractivity contribution in [3.63, 3.8) is 0 Å². The zero-order valence-corrected chi connectivity index (χ0v) is 26.2. The number of amides is 3. The minimum Gasteiger partial charge on any atom is -0.508 e. The SMILES string of the molecule is CCCC(C(N)=S)N(C)C(=O)C1(NC(=O)[C@H](CCc2ccc(O)cc2)NC(=O)O)CCc2[nH]c3c(Cl)cc(Cl)cc3c2C1. The quantitative estimate of drug-likeness (QED) is 0.164. The zero-order chi connectivity index (χ0) is 31.5. The number of phenols is 1. The molecule has 3 aromatic rings. The average Bonchev–Trinajstić information content (AvgIpc) is 3.31. The maximum Gasteiger partial charge on any atom is 0.405 e. The number of nitrogens with two attached hydrogens (primary N) is 1. The number of carbonyl (C=O) groups is 3. The summed E-state index contributed by atoms with van der Waals surface area (Å²) in [4.78, 5) is 45.0. The van der Waals surface area contributed by atoms with E-state index in [0.29, 0.717) is 34.8 Å². The van der Waals surface area contributed by atoms with Crippen molar-refractivity contribution in [1.29, 1.82) is 0 Å². The molecule has 10 nitrogen and oxygen atoms in total. The number of aromatic nitrogens is 1. The Morgan fingerprint density at radius 1 is 1.19 bits per heavy atom. The van der Waals surface area contributed by atoms with E-state index >= 15 is 0 Å². The van der Waals surface area contributed by atoms with Gasteiger partial charge in [0, 0.05) is 29.6 Å². The number of halogens is 2. The van der Waals surface area contributed by atoms with Crippen LogP contribution in [0.25, 0.3) is 10.9 Å². The maximum atomic E-state index is 14.4. The molecule has 0 saturated heterocycles. The van der Waals surface area contributed by atoms with Crippen LogP contribution in [0.1, 0.15) is 49.4 Å². The fourth-order valence-electron chi connectivity index (χ4n) is 5.81. The number of H-pyrrole nitrogens is 1. The number of aryl methyl sites for hydroxylation is 2. The van der Waals surface area contributed by atoms with Gasteiger partial charge in [-0.05, 0) is 67.5 Å². The Kier molecular flexibility index (Phi) is 10.1. The van der Waals surface area contributed by atoms with Gasteiger partial charge in [-0.25, -0.2) is 4.79 Å². The Hall–Kier alpha value is -3.54. The third-order valence-electron chi connectivity index (χ3n) is 8.02. The van der Waals surface area contributed by atoms with Crippen molar-refractivity contribution in [2.45, 2.75) is 69.5 Å². The summed E-state index contributed by atoms with van der Waals surface area (Å²) in [5.41, 5.74) is 7.77. The summed E-state index contributed by atoms with van der Waals surface area (Å²) in [5.74, 6) is -0.918. The number of nitrogens with one attached hydrogen (secondary N) is 3. The standard InChI is InChI=1S/C30H35Cl2N5O5S/c1-3-4-24(26(33)43)37(2)28(40)30(12-11-22-20(15-30)19-13-17(31)14-21(32)25(19)34-22)36-27(39)23(35-29(41)42)10-7-16-5-8-18(38)9-6-16/h5-6,8-9,13-14,23-24,34-35,38H,3-4,7,10-12,15H2,1-2H3,(H2,33,43)(H,36,39)(H,41,42)/t23-,24?,30?/m0/s1. The summed E-state index contributed by atoms with van der Waals surface area (Å²) < 4.78 is 0. The van der Waals surface area contributed by atoms with Crippen LogP contribution in [0.15, 0.2) is 36.4 Å². The van der Waals surface area contributed by atoms with Crippen LogP contribution < -0.4 is 16.4 Å². The summed E-state index contributed by atoms with van der Waals surface area (Å²) in [6, 6.07) is 8.16. The molecule has 3 atom stereocenters. The molecule has 0 radical (unpaired) electrons. The maximum absolute atomic E-state index is 14.4. The van der Waals surface area contributed by atoms with Gasteiger partial charge in [-0.1, -0.05) is 60.9 Å². The molecular weight excluding hydrogens is 613 g/mol. The molecule has 43 heavy (non-hydrogen) atoms. The van der Waals surface area contributed by atoms with Gasteiger partial charge in [0.2, 0.25) is 11.8 Å². The highest BCUT2D eigenvalue weighted by molar-refractivity contribution is 7.80. The molecule has 0 spiro atoms. The number of phenolic OH excluding ortho intramolecular Hbond substituents is 1. The Morgan fingerprint density at radius 3 is 2.51 bits per heavy atom. The number of nitrogens with zero attached hydrogens (tertiary/aromatic N) is 1. The predicted octanol–water partition coefficient (Wildman–Crippen LogP) is 4.71. The highest BCUT2D eigenvalue weighted by Crippen LogP contribution is 2.39. The highest BCUT2D eigenvalue weighted by atomic mass is 35.5.